The van der Waals surface area contributed by atoms with Gasteiger partial charge in [0, 0.05) is 29.5 Å². The molecule has 2 atom stereocenters. The van der Waals surface area contributed by atoms with Gasteiger partial charge in [-0.3, -0.25) is 9.36 Å². The first-order valence-corrected chi connectivity index (χ1v) is 9.21. The molecular formula is C13H19INO4P. The van der Waals surface area contributed by atoms with Crippen LogP contribution in [0.3, 0.4) is 0 Å². The van der Waals surface area contributed by atoms with Crippen LogP contribution in [0.4, 0.5) is 0 Å². The highest BCUT2D eigenvalue weighted by Gasteiger charge is 2.35. The predicted octanol–water partition coefficient (Wildman–Crippen LogP) is 3.88. The highest BCUT2D eigenvalue weighted by Crippen LogP contribution is 2.51. The van der Waals surface area contributed by atoms with Crippen LogP contribution in [0.2, 0.25) is 0 Å². The van der Waals surface area contributed by atoms with Gasteiger partial charge in [-0.1, -0.05) is 18.2 Å². The summed E-state index contributed by atoms with van der Waals surface area (Å²) in [4.78, 5) is 11.8. The van der Waals surface area contributed by atoms with Crippen LogP contribution in [0, 0.1) is 0 Å². The number of para-hydroxylation sites is 1. The molecule has 1 aromatic rings. The summed E-state index contributed by atoms with van der Waals surface area (Å²) in [5, 5.41) is 0. The minimum atomic E-state index is -3.14. The zero-order valence-corrected chi connectivity index (χ0v) is 15.0. The third-order valence-corrected chi connectivity index (χ3v) is 7.15. The summed E-state index contributed by atoms with van der Waals surface area (Å²) in [6.45, 7) is 6.66. The smallest absolute Gasteiger partial charge is 0.325 e. The number of carbonyl (C=O) groups is 1. The molecule has 0 spiro atoms. The summed E-state index contributed by atoms with van der Waals surface area (Å²) >= 11 is 1.84. The molecule has 0 heterocycles. The maximum absolute atomic E-state index is 12.6. The van der Waals surface area contributed by atoms with E-state index in [9.17, 15) is 9.36 Å². The molecule has 5 nitrogen and oxygen atoms in total. The van der Waals surface area contributed by atoms with Crippen LogP contribution >= 0.6 is 30.4 Å². The van der Waals surface area contributed by atoms with Gasteiger partial charge in [0.15, 0.2) is 0 Å². The van der Waals surface area contributed by atoms with Gasteiger partial charge in [-0.15, -0.1) is 2.88 Å². The summed E-state index contributed by atoms with van der Waals surface area (Å²) in [5.74, 6) is 0.0811. The largest absolute Gasteiger partial charge is 0.462 e. The molecule has 112 valence electrons. The number of rotatable bonds is 6. The molecule has 20 heavy (non-hydrogen) atoms. The highest BCUT2D eigenvalue weighted by molar-refractivity contribution is 14.1. The number of nitrogens with zero attached hydrogens (tertiary/aromatic N) is 1. The number of hydrogen-bond donors (Lipinski definition) is 0. The average Bonchev–Trinajstić information content (AvgIpc) is 2.36. The predicted molar refractivity (Wildman–Crippen MR) is 87.1 cm³/mol. The molecule has 0 radical (unpaired) electrons. The highest BCUT2D eigenvalue weighted by atomic mass is 127. The fourth-order valence-corrected chi connectivity index (χ4v) is 3.25. The Hall–Kier alpha value is -0.590. The Morgan fingerprint density at radius 3 is 2.30 bits per heavy atom. The van der Waals surface area contributed by atoms with Gasteiger partial charge in [-0.05, 0) is 32.9 Å². The third kappa shape index (κ3) is 5.07. The number of benzene rings is 1. The van der Waals surface area contributed by atoms with E-state index in [1.165, 1.54) is 9.55 Å². The Morgan fingerprint density at radius 1 is 1.25 bits per heavy atom. The molecule has 0 N–H and O–H groups in total. The Balaban J connectivity index is 2.76. The van der Waals surface area contributed by atoms with Gasteiger partial charge in [0.2, 0.25) is 0 Å². The lowest BCUT2D eigenvalue weighted by Gasteiger charge is -2.27. The Labute approximate surface area is 133 Å². The van der Waals surface area contributed by atoms with Crippen molar-refractivity contribution in [3.63, 3.8) is 0 Å². The molecule has 0 amide bonds. The second kappa shape index (κ2) is 7.43. The van der Waals surface area contributed by atoms with E-state index in [0.717, 1.165) is 0 Å². The molecule has 0 fully saturated rings. The number of ether oxygens (including phenoxy) is 1. The van der Waals surface area contributed by atoms with Crippen molar-refractivity contribution in [1.82, 2.24) is 2.88 Å². The van der Waals surface area contributed by atoms with E-state index in [-0.39, 0.29) is 6.10 Å². The van der Waals surface area contributed by atoms with E-state index < -0.39 is 19.5 Å². The molecule has 0 aliphatic heterocycles. The van der Waals surface area contributed by atoms with Crippen LogP contribution in [0.25, 0.3) is 0 Å². The quantitative estimate of drug-likeness (QED) is 0.308. The van der Waals surface area contributed by atoms with E-state index >= 15 is 0 Å². The summed E-state index contributed by atoms with van der Waals surface area (Å²) in [6.07, 6.45) is -0.207. The molecule has 7 heteroatoms. The van der Waals surface area contributed by atoms with Gasteiger partial charge in [0.1, 0.15) is 11.8 Å². The first kappa shape index (κ1) is 17.5. The summed E-state index contributed by atoms with van der Waals surface area (Å²) in [6, 6.07) is 8.22. The lowest BCUT2D eigenvalue weighted by atomic mass is 10.3. The lowest BCUT2D eigenvalue weighted by molar-refractivity contribution is -0.150. The standard InChI is InChI=1S/C13H19INO4P/c1-10(2)18-13(16)11(3)15(14)20(4,17)19-12-8-6-5-7-9-12/h5-11H,1-4H3/t11-,20?/m1/s1. The molecule has 0 aromatic heterocycles. The van der Waals surface area contributed by atoms with Crippen molar-refractivity contribution in [3.05, 3.63) is 30.3 Å². The van der Waals surface area contributed by atoms with Crippen LogP contribution in [-0.2, 0) is 14.1 Å². The zero-order chi connectivity index (χ0) is 15.3. The Bertz CT molecular complexity index is 494. The van der Waals surface area contributed by atoms with Crippen LogP contribution in [0.15, 0.2) is 30.3 Å². The Morgan fingerprint density at radius 2 is 1.80 bits per heavy atom. The minimum absolute atomic E-state index is 0.207. The topological polar surface area (TPSA) is 55.8 Å². The van der Waals surface area contributed by atoms with Gasteiger partial charge < -0.3 is 9.26 Å². The lowest BCUT2D eigenvalue weighted by Crippen LogP contribution is -2.33. The van der Waals surface area contributed by atoms with Crippen LogP contribution < -0.4 is 4.52 Å². The fraction of sp³-hybridized carbons (Fsp3) is 0.462. The Kier molecular flexibility index (Phi) is 6.48. The van der Waals surface area contributed by atoms with E-state index in [2.05, 4.69) is 0 Å². The van der Waals surface area contributed by atoms with Gasteiger partial charge in [0.05, 0.1) is 6.10 Å². The van der Waals surface area contributed by atoms with Gasteiger partial charge in [0.25, 0.3) is 0 Å². The van der Waals surface area contributed by atoms with Crippen molar-refractivity contribution >= 4 is 36.4 Å². The van der Waals surface area contributed by atoms with Crippen molar-refractivity contribution in [3.8, 4) is 5.75 Å². The number of hydrogen-bond acceptors (Lipinski definition) is 4. The second-order valence-electron chi connectivity index (χ2n) is 4.66. The summed E-state index contributed by atoms with van der Waals surface area (Å²) < 4.78 is 24.6. The second-order valence-corrected chi connectivity index (χ2v) is 8.68. The molecule has 1 aromatic carbocycles. The van der Waals surface area contributed by atoms with Gasteiger partial charge in [-0.2, -0.15) is 0 Å². The molecule has 1 unspecified atom stereocenters. The molecule has 0 aliphatic carbocycles. The maximum atomic E-state index is 12.6. The third-order valence-electron chi connectivity index (χ3n) is 2.38. The van der Waals surface area contributed by atoms with Crippen molar-refractivity contribution in [2.45, 2.75) is 32.9 Å². The number of halogens is 1. The van der Waals surface area contributed by atoms with E-state index in [1.807, 2.05) is 28.9 Å². The molecule has 0 saturated heterocycles. The van der Waals surface area contributed by atoms with Crippen LogP contribution in [0.5, 0.6) is 5.75 Å². The normalized spacial score (nSPS) is 15.8. The average molecular weight is 411 g/mol. The monoisotopic (exact) mass is 411 g/mol. The summed E-state index contributed by atoms with van der Waals surface area (Å²) in [5.41, 5.74) is 0. The van der Waals surface area contributed by atoms with E-state index in [1.54, 1.807) is 45.0 Å². The van der Waals surface area contributed by atoms with Crippen molar-refractivity contribution in [2.24, 2.45) is 0 Å². The van der Waals surface area contributed by atoms with Crippen molar-refractivity contribution < 1.29 is 18.6 Å². The van der Waals surface area contributed by atoms with Gasteiger partial charge in [-0.25, -0.2) is 0 Å². The molecule has 0 saturated carbocycles. The first-order chi connectivity index (χ1) is 9.24. The van der Waals surface area contributed by atoms with Crippen LogP contribution in [-0.4, -0.2) is 27.7 Å². The molecule has 0 bridgehead atoms. The molecule has 0 aliphatic rings. The molecule has 1 rings (SSSR count). The first-order valence-electron chi connectivity index (χ1n) is 6.22. The fourth-order valence-electron chi connectivity index (χ4n) is 1.45. The van der Waals surface area contributed by atoms with Gasteiger partial charge >= 0.3 is 13.5 Å². The molecular weight excluding hydrogens is 392 g/mol. The van der Waals surface area contributed by atoms with E-state index in [4.69, 9.17) is 9.26 Å². The zero-order valence-electron chi connectivity index (χ0n) is 11.9. The maximum Gasteiger partial charge on any atom is 0.325 e. The summed E-state index contributed by atoms with van der Waals surface area (Å²) in [7, 11) is -3.14. The van der Waals surface area contributed by atoms with E-state index in [0.29, 0.717) is 5.75 Å². The SMILES string of the molecule is CC(C)OC(=O)[C@@H](C)N(I)P(C)(=O)Oc1ccccc1. The minimum Gasteiger partial charge on any atom is -0.462 e. The van der Waals surface area contributed by atoms with Crippen LogP contribution in [0.1, 0.15) is 20.8 Å². The number of carbonyl (C=O) groups excluding carboxylic acids is 1. The van der Waals surface area contributed by atoms with Crippen molar-refractivity contribution in [2.75, 3.05) is 6.66 Å². The van der Waals surface area contributed by atoms with Crippen molar-refractivity contribution in [1.29, 1.82) is 0 Å². The number of esters is 1.